The number of ether oxygens (including phenoxy) is 1. The second kappa shape index (κ2) is 7.65. The van der Waals surface area contributed by atoms with Crippen molar-refractivity contribution < 1.29 is 4.74 Å². The number of nitrogens with zero attached hydrogens (tertiary/aromatic N) is 2. The fourth-order valence-electron chi connectivity index (χ4n) is 2.50. The number of rotatable bonds is 7. The number of imidazole rings is 1. The molecule has 1 aliphatic rings. The van der Waals surface area contributed by atoms with Crippen LogP contribution in [-0.4, -0.2) is 28.8 Å². The molecular weight excluding hydrogens is 238 g/mol. The summed E-state index contributed by atoms with van der Waals surface area (Å²) in [5.41, 5.74) is 1.27. The molecule has 0 spiro atoms. The van der Waals surface area contributed by atoms with Crippen LogP contribution in [0.1, 0.15) is 45.2 Å². The third kappa shape index (κ3) is 4.96. The molecule has 0 bridgehead atoms. The molecule has 108 valence electrons. The van der Waals surface area contributed by atoms with E-state index < -0.39 is 0 Å². The van der Waals surface area contributed by atoms with Crippen LogP contribution in [-0.2, 0) is 17.8 Å². The topological polar surface area (TPSA) is 39.1 Å². The summed E-state index contributed by atoms with van der Waals surface area (Å²) in [4.78, 5) is 4.27. The van der Waals surface area contributed by atoms with E-state index in [0.717, 1.165) is 32.7 Å². The van der Waals surface area contributed by atoms with Crippen LogP contribution in [0.5, 0.6) is 0 Å². The van der Waals surface area contributed by atoms with Crippen molar-refractivity contribution in [2.45, 2.75) is 58.7 Å². The van der Waals surface area contributed by atoms with E-state index in [1.165, 1.54) is 25.0 Å². The van der Waals surface area contributed by atoms with Crippen LogP contribution >= 0.6 is 0 Å². The molecular formula is C15H27N3O. The summed E-state index contributed by atoms with van der Waals surface area (Å²) in [6.07, 6.45) is 9.23. The van der Waals surface area contributed by atoms with Gasteiger partial charge >= 0.3 is 0 Å². The average Bonchev–Trinajstić information content (AvgIpc) is 2.85. The first-order valence-electron chi connectivity index (χ1n) is 7.57. The van der Waals surface area contributed by atoms with Crippen molar-refractivity contribution in [3.63, 3.8) is 0 Å². The predicted molar refractivity (Wildman–Crippen MR) is 77.0 cm³/mol. The largest absolute Gasteiger partial charge is 0.378 e. The summed E-state index contributed by atoms with van der Waals surface area (Å²) in [6, 6.07) is 0. The summed E-state index contributed by atoms with van der Waals surface area (Å²) in [6.45, 7) is 8.37. The molecule has 4 heteroatoms. The maximum Gasteiger partial charge on any atom is 0.0948 e. The van der Waals surface area contributed by atoms with Crippen molar-refractivity contribution in [3.05, 3.63) is 18.2 Å². The zero-order chi connectivity index (χ0) is 13.5. The summed E-state index contributed by atoms with van der Waals surface area (Å²) in [5, 5.41) is 3.47. The minimum atomic E-state index is 0.452. The number of aryl methyl sites for hydroxylation is 1. The first-order valence-corrected chi connectivity index (χ1v) is 7.57. The molecule has 1 unspecified atom stereocenters. The predicted octanol–water partition coefficient (Wildman–Crippen LogP) is 2.59. The lowest BCUT2D eigenvalue weighted by Crippen LogP contribution is -2.23. The Balaban J connectivity index is 1.75. The molecule has 2 heterocycles. The van der Waals surface area contributed by atoms with Gasteiger partial charge in [-0.1, -0.05) is 13.8 Å². The molecule has 1 saturated heterocycles. The van der Waals surface area contributed by atoms with Crippen LogP contribution in [0, 0.1) is 5.92 Å². The maximum atomic E-state index is 5.78. The van der Waals surface area contributed by atoms with Gasteiger partial charge in [0.05, 0.1) is 18.1 Å². The van der Waals surface area contributed by atoms with Crippen LogP contribution in [0.25, 0.3) is 0 Å². The van der Waals surface area contributed by atoms with Gasteiger partial charge in [-0.2, -0.15) is 0 Å². The minimum Gasteiger partial charge on any atom is -0.378 e. The standard InChI is InChI=1S/C15H27N3O/c1-13(2)9-16-10-14-11-17-12-18(14)7-6-15-5-3-4-8-19-15/h11-13,15-16H,3-10H2,1-2H3. The highest BCUT2D eigenvalue weighted by molar-refractivity contribution is 4.98. The van der Waals surface area contributed by atoms with Gasteiger partial charge in [0.15, 0.2) is 0 Å². The number of hydrogen-bond acceptors (Lipinski definition) is 3. The van der Waals surface area contributed by atoms with Crippen molar-refractivity contribution in [2.24, 2.45) is 5.92 Å². The lowest BCUT2D eigenvalue weighted by Gasteiger charge is -2.23. The quantitative estimate of drug-likeness (QED) is 0.823. The first-order chi connectivity index (χ1) is 9.25. The Morgan fingerprint density at radius 3 is 3.11 bits per heavy atom. The molecule has 1 aliphatic heterocycles. The zero-order valence-corrected chi connectivity index (χ0v) is 12.3. The Hall–Kier alpha value is -0.870. The Bertz CT molecular complexity index is 356. The summed E-state index contributed by atoms with van der Waals surface area (Å²) >= 11 is 0. The molecule has 1 aromatic rings. The van der Waals surface area contributed by atoms with Gasteiger partial charge in [0.25, 0.3) is 0 Å². The van der Waals surface area contributed by atoms with E-state index in [0.29, 0.717) is 12.0 Å². The van der Waals surface area contributed by atoms with Gasteiger partial charge in [0.1, 0.15) is 0 Å². The van der Waals surface area contributed by atoms with Crippen LogP contribution in [0.15, 0.2) is 12.5 Å². The molecule has 0 aliphatic carbocycles. The fraction of sp³-hybridized carbons (Fsp3) is 0.800. The number of nitrogens with one attached hydrogen (secondary N) is 1. The highest BCUT2D eigenvalue weighted by Gasteiger charge is 2.14. The normalized spacial score (nSPS) is 20.1. The molecule has 0 aromatic carbocycles. The van der Waals surface area contributed by atoms with Gasteiger partial charge in [-0.3, -0.25) is 0 Å². The summed E-state index contributed by atoms with van der Waals surface area (Å²) in [5.74, 6) is 0.687. The molecule has 1 fully saturated rings. The number of aromatic nitrogens is 2. The van der Waals surface area contributed by atoms with Crippen LogP contribution < -0.4 is 5.32 Å². The Morgan fingerprint density at radius 1 is 1.47 bits per heavy atom. The zero-order valence-electron chi connectivity index (χ0n) is 12.3. The van der Waals surface area contributed by atoms with Gasteiger partial charge < -0.3 is 14.6 Å². The van der Waals surface area contributed by atoms with Crippen LogP contribution in [0.2, 0.25) is 0 Å². The summed E-state index contributed by atoms with van der Waals surface area (Å²) in [7, 11) is 0. The molecule has 1 N–H and O–H groups in total. The second-order valence-corrected chi connectivity index (χ2v) is 5.88. The number of hydrogen-bond donors (Lipinski definition) is 1. The molecule has 1 atom stereocenters. The van der Waals surface area contributed by atoms with E-state index in [-0.39, 0.29) is 0 Å². The molecule has 0 amide bonds. The SMILES string of the molecule is CC(C)CNCc1cncn1CCC1CCCCO1. The van der Waals surface area contributed by atoms with Crippen molar-refractivity contribution in [1.82, 2.24) is 14.9 Å². The fourth-order valence-corrected chi connectivity index (χ4v) is 2.50. The van der Waals surface area contributed by atoms with E-state index in [1.807, 2.05) is 12.5 Å². The molecule has 1 aromatic heterocycles. The van der Waals surface area contributed by atoms with Gasteiger partial charge in [0.2, 0.25) is 0 Å². The monoisotopic (exact) mass is 265 g/mol. The Kier molecular flexibility index (Phi) is 5.86. The van der Waals surface area contributed by atoms with Crippen LogP contribution in [0.3, 0.4) is 0 Å². The van der Waals surface area contributed by atoms with Gasteiger partial charge in [-0.25, -0.2) is 4.98 Å². The van der Waals surface area contributed by atoms with Gasteiger partial charge in [0, 0.05) is 25.9 Å². The van der Waals surface area contributed by atoms with Crippen molar-refractivity contribution in [1.29, 1.82) is 0 Å². The third-order valence-electron chi connectivity index (χ3n) is 3.62. The van der Waals surface area contributed by atoms with E-state index in [9.17, 15) is 0 Å². The Labute approximate surface area is 116 Å². The van der Waals surface area contributed by atoms with Gasteiger partial charge in [-0.15, -0.1) is 0 Å². The minimum absolute atomic E-state index is 0.452. The second-order valence-electron chi connectivity index (χ2n) is 5.88. The highest BCUT2D eigenvalue weighted by atomic mass is 16.5. The van der Waals surface area contributed by atoms with E-state index >= 15 is 0 Å². The van der Waals surface area contributed by atoms with E-state index in [2.05, 4.69) is 28.7 Å². The van der Waals surface area contributed by atoms with Crippen LogP contribution in [0.4, 0.5) is 0 Å². The molecule has 0 saturated carbocycles. The van der Waals surface area contributed by atoms with Gasteiger partial charge in [-0.05, 0) is 38.1 Å². The maximum absolute atomic E-state index is 5.78. The Morgan fingerprint density at radius 2 is 2.37 bits per heavy atom. The van der Waals surface area contributed by atoms with Crippen molar-refractivity contribution in [2.75, 3.05) is 13.2 Å². The lowest BCUT2D eigenvalue weighted by molar-refractivity contribution is 0.00869. The molecule has 19 heavy (non-hydrogen) atoms. The van der Waals surface area contributed by atoms with Crippen molar-refractivity contribution in [3.8, 4) is 0 Å². The lowest BCUT2D eigenvalue weighted by atomic mass is 10.1. The molecule has 4 nitrogen and oxygen atoms in total. The average molecular weight is 265 g/mol. The first kappa shape index (κ1) is 14.5. The molecule has 0 radical (unpaired) electrons. The third-order valence-corrected chi connectivity index (χ3v) is 3.62. The smallest absolute Gasteiger partial charge is 0.0948 e. The highest BCUT2D eigenvalue weighted by Crippen LogP contribution is 2.16. The van der Waals surface area contributed by atoms with Crippen molar-refractivity contribution >= 4 is 0 Å². The van der Waals surface area contributed by atoms with E-state index in [1.54, 1.807) is 0 Å². The molecule has 2 rings (SSSR count). The summed E-state index contributed by atoms with van der Waals surface area (Å²) < 4.78 is 8.03. The van der Waals surface area contributed by atoms with E-state index in [4.69, 9.17) is 4.74 Å².